The summed E-state index contributed by atoms with van der Waals surface area (Å²) in [6.07, 6.45) is 30.9. The van der Waals surface area contributed by atoms with Gasteiger partial charge < -0.3 is 27.8 Å². The molecule has 2 fully saturated rings. The van der Waals surface area contributed by atoms with Crippen LogP contribution < -0.4 is 0 Å². The largest absolute Gasteiger partial charge is 0.455 e. The van der Waals surface area contributed by atoms with E-state index < -0.39 is 16.6 Å². The lowest BCUT2D eigenvalue weighted by Gasteiger charge is -2.32. The Kier molecular flexibility index (Phi) is 21.2. The summed E-state index contributed by atoms with van der Waals surface area (Å²) in [6.45, 7) is 18.2. The van der Waals surface area contributed by atoms with E-state index >= 15 is 0 Å². The molecule has 3 aliphatic rings. The molecule has 0 aromatic carbocycles. The fraction of sp³-hybridized carbons (Fsp3) is 0.929. The molecule has 51 heavy (non-hydrogen) atoms. The van der Waals surface area contributed by atoms with Crippen LogP contribution in [0.1, 0.15) is 162 Å². The van der Waals surface area contributed by atoms with E-state index in [2.05, 4.69) is 46.2 Å². The summed E-state index contributed by atoms with van der Waals surface area (Å²) in [5, 5.41) is 0. The molecule has 2 saturated heterocycles. The van der Waals surface area contributed by atoms with Crippen molar-refractivity contribution in [3.05, 3.63) is 11.6 Å². The maximum Gasteiger partial charge on any atom is 0.334 e. The Balaban J connectivity index is 1.33. The SMILES string of the molecule is CCCCCCCCCCCCCC[C@H]1OCO[C@@H]1CC[C@H](O[Si](C)(C)C)[C@@H]1CC[C@@H](CCCCC[C@H](CC2=C[C@H](C)OC2=O)O[Si](C)(C)C)O1. The highest BCUT2D eigenvalue weighted by molar-refractivity contribution is 6.70. The number of carbonyl (C=O) groups is 1. The molecule has 3 heterocycles. The van der Waals surface area contributed by atoms with Gasteiger partial charge in [0.1, 0.15) is 12.9 Å². The molecule has 0 saturated carbocycles. The molecule has 298 valence electrons. The van der Waals surface area contributed by atoms with Gasteiger partial charge in [-0.2, -0.15) is 0 Å². The Hall–Kier alpha value is -0.556. The lowest BCUT2D eigenvalue weighted by atomic mass is 9.97. The van der Waals surface area contributed by atoms with Crippen molar-refractivity contribution in [3.8, 4) is 0 Å². The number of esters is 1. The first-order valence-corrected chi connectivity index (χ1v) is 28.3. The molecule has 0 bridgehead atoms. The molecule has 9 heteroatoms. The summed E-state index contributed by atoms with van der Waals surface area (Å²) < 4.78 is 37.5. The van der Waals surface area contributed by atoms with Gasteiger partial charge in [0.2, 0.25) is 0 Å². The zero-order valence-electron chi connectivity index (χ0n) is 34.4. The molecule has 0 aromatic heterocycles. The van der Waals surface area contributed by atoms with Gasteiger partial charge in [-0.1, -0.05) is 103 Å². The van der Waals surface area contributed by atoms with E-state index in [1.54, 1.807) is 0 Å². The Morgan fingerprint density at radius 2 is 1.27 bits per heavy atom. The summed E-state index contributed by atoms with van der Waals surface area (Å²) in [5.74, 6) is -0.172. The highest BCUT2D eigenvalue weighted by atomic mass is 28.4. The number of hydrogen-bond acceptors (Lipinski definition) is 7. The molecule has 0 unspecified atom stereocenters. The number of carbonyl (C=O) groups excluding carboxylic acids is 1. The van der Waals surface area contributed by atoms with Crippen LogP contribution in [-0.2, 0) is 32.6 Å². The van der Waals surface area contributed by atoms with Crippen LogP contribution in [0.15, 0.2) is 11.6 Å². The standard InChI is InChI=1S/C42H80O7Si2/c1-9-10-11-12-13-14-15-16-17-18-19-23-26-38-39(45-33-44-38)29-30-41(49-51(6,7)8)40-28-27-36(47-40)24-21-20-22-25-37(48-50(3,4)5)32-35-31-34(2)46-42(35)43/h31,34,36-41H,9-30,32-33H2,1-8H3/t34-,36+,37+,38+,39+,40-,41-/m0/s1. The number of ether oxygens (including phenoxy) is 4. The van der Waals surface area contributed by atoms with Crippen LogP contribution in [0.2, 0.25) is 39.3 Å². The molecule has 0 aliphatic carbocycles. The number of unbranched alkanes of at least 4 members (excludes halogenated alkanes) is 13. The molecule has 0 N–H and O–H groups in total. The molecule has 0 amide bonds. The van der Waals surface area contributed by atoms with Crippen molar-refractivity contribution in [2.45, 2.75) is 244 Å². The summed E-state index contributed by atoms with van der Waals surface area (Å²) >= 11 is 0. The minimum absolute atomic E-state index is 0.0886. The van der Waals surface area contributed by atoms with Crippen molar-refractivity contribution >= 4 is 22.6 Å². The van der Waals surface area contributed by atoms with Crippen LogP contribution in [0, 0.1) is 0 Å². The normalized spacial score (nSPS) is 25.4. The second kappa shape index (κ2) is 24.1. The number of cyclic esters (lactones) is 1. The Morgan fingerprint density at radius 3 is 1.86 bits per heavy atom. The minimum Gasteiger partial charge on any atom is -0.455 e. The van der Waals surface area contributed by atoms with Crippen LogP contribution in [0.25, 0.3) is 0 Å². The van der Waals surface area contributed by atoms with Crippen LogP contribution in [0.5, 0.6) is 0 Å². The Morgan fingerprint density at radius 1 is 0.706 bits per heavy atom. The molecule has 7 atom stereocenters. The molecule has 0 radical (unpaired) electrons. The highest BCUT2D eigenvalue weighted by Gasteiger charge is 2.37. The van der Waals surface area contributed by atoms with E-state index in [0.717, 1.165) is 69.8 Å². The molecule has 0 aromatic rings. The second-order valence-electron chi connectivity index (χ2n) is 17.9. The average Bonchev–Trinajstić information content (AvgIpc) is 3.78. The maximum atomic E-state index is 12.2. The van der Waals surface area contributed by atoms with Gasteiger partial charge in [0, 0.05) is 18.1 Å². The third-order valence-corrected chi connectivity index (χ3v) is 12.7. The van der Waals surface area contributed by atoms with E-state index in [1.165, 1.54) is 77.0 Å². The third-order valence-electron chi connectivity index (χ3n) is 10.6. The Bertz CT molecular complexity index is 977. The predicted octanol–water partition coefficient (Wildman–Crippen LogP) is 11.8. The quantitative estimate of drug-likeness (QED) is 0.0428. The number of hydrogen-bond donors (Lipinski definition) is 0. The predicted molar refractivity (Wildman–Crippen MR) is 215 cm³/mol. The van der Waals surface area contributed by atoms with E-state index in [1.807, 2.05) is 13.0 Å². The summed E-state index contributed by atoms with van der Waals surface area (Å²) in [5.41, 5.74) is 0.786. The van der Waals surface area contributed by atoms with Gasteiger partial charge in [-0.15, -0.1) is 0 Å². The number of rotatable bonds is 29. The van der Waals surface area contributed by atoms with E-state index in [9.17, 15) is 4.79 Å². The van der Waals surface area contributed by atoms with E-state index in [4.69, 9.17) is 27.8 Å². The monoisotopic (exact) mass is 753 g/mol. The highest BCUT2D eigenvalue weighted by Crippen LogP contribution is 2.33. The minimum atomic E-state index is -1.73. The fourth-order valence-electron chi connectivity index (χ4n) is 8.13. The van der Waals surface area contributed by atoms with Crippen LogP contribution >= 0.6 is 0 Å². The summed E-state index contributed by atoms with van der Waals surface area (Å²) in [4.78, 5) is 12.2. The van der Waals surface area contributed by atoms with Crippen molar-refractivity contribution in [1.29, 1.82) is 0 Å². The maximum absolute atomic E-state index is 12.2. The molecule has 3 rings (SSSR count). The van der Waals surface area contributed by atoms with Gasteiger partial charge >= 0.3 is 5.97 Å². The van der Waals surface area contributed by atoms with Crippen LogP contribution in [-0.4, -0.2) is 72.1 Å². The topological polar surface area (TPSA) is 72.5 Å². The smallest absolute Gasteiger partial charge is 0.334 e. The van der Waals surface area contributed by atoms with Crippen molar-refractivity contribution < 1.29 is 32.6 Å². The van der Waals surface area contributed by atoms with Crippen molar-refractivity contribution in [3.63, 3.8) is 0 Å². The fourth-order valence-corrected chi connectivity index (χ4v) is 10.5. The van der Waals surface area contributed by atoms with Gasteiger partial charge in [0.25, 0.3) is 0 Å². The molecule has 7 nitrogen and oxygen atoms in total. The second-order valence-corrected chi connectivity index (χ2v) is 26.8. The van der Waals surface area contributed by atoms with Gasteiger partial charge in [-0.3, -0.25) is 0 Å². The molecule has 0 spiro atoms. The first-order valence-electron chi connectivity index (χ1n) is 21.5. The van der Waals surface area contributed by atoms with Gasteiger partial charge in [-0.25, -0.2) is 4.79 Å². The zero-order chi connectivity index (χ0) is 37.1. The van der Waals surface area contributed by atoms with Crippen molar-refractivity contribution in [2.24, 2.45) is 0 Å². The molecular weight excluding hydrogens is 673 g/mol. The molecular formula is C42H80O7Si2. The van der Waals surface area contributed by atoms with Gasteiger partial charge in [0.15, 0.2) is 16.6 Å². The summed E-state index contributed by atoms with van der Waals surface area (Å²) in [6, 6.07) is 0. The lowest BCUT2D eigenvalue weighted by Crippen LogP contribution is -2.40. The molecule has 3 aliphatic heterocycles. The van der Waals surface area contributed by atoms with Crippen LogP contribution in [0.4, 0.5) is 0 Å². The average molecular weight is 753 g/mol. The summed E-state index contributed by atoms with van der Waals surface area (Å²) in [7, 11) is -3.45. The van der Waals surface area contributed by atoms with Gasteiger partial charge in [-0.05, 0) is 97.2 Å². The van der Waals surface area contributed by atoms with Crippen molar-refractivity contribution in [1.82, 2.24) is 0 Å². The third kappa shape index (κ3) is 19.6. The Labute approximate surface area is 316 Å². The van der Waals surface area contributed by atoms with Gasteiger partial charge in [0.05, 0.1) is 30.5 Å². The first-order chi connectivity index (χ1) is 24.3. The van der Waals surface area contributed by atoms with E-state index in [0.29, 0.717) is 19.3 Å². The van der Waals surface area contributed by atoms with Crippen molar-refractivity contribution in [2.75, 3.05) is 6.79 Å². The lowest BCUT2D eigenvalue weighted by molar-refractivity contribution is -0.139. The first kappa shape index (κ1) is 44.8. The van der Waals surface area contributed by atoms with E-state index in [-0.39, 0.29) is 42.6 Å². The van der Waals surface area contributed by atoms with Crippen LogP contribution in [0.3, 0.4) is 0 Å². The zero-order valence-corrected chi connectivity index (χ0v) is 36.4.